The Morgan fingerprint density at radius 2 is 1.83 bits per heavy atom. The lowest BCUT2D eigenvalue weighted by molar-refractivity contribution is -0.286. The molecule has 8 nitrogen and oxygen atoms in total. The number of alkyl halides is 2. The molecule has 2 heterocycles. The molecule has 0 aliphatic carbocycles. The van der Waals surface area contributed by atoms with E-state index in [-0.39, 0.29) is 38.6 Å². The Bertz CT molecular complexity index is 937. The van der Waals surface area contributed by atoms with Gasteiger partial charge in [-0.25, -0.2) is 4.98 Å². The van der Waals surface area contributed by atoms with E-state index in [0.29, 0.717) is 17.5 Å². The lowest BCUT2D eigenvalue weighted by Gasteiger charge is -2.08. The fraction of sp³-hybridized carbons (Fsp3) is 0.235. The summed E-state index contributed by atoms with van der Waals surface area (Å²) < 4.78 is 35.0. The number of aromatic nitrogens is 2. The van der Waals surface area contributed by atoms with E-state index in [2.05, 4.69) is 24.8 Å². The quantitative estimate of drug-likeness (QED) is 0.478. The number of benzene rings is 1. The largest absolute Gasteiger partial charge is 0.586 e. The van der Waals surface area contributed by atoms with E-state index in [0.717, 1.165) is 0 Å². The Balaban J connectivity index is 0.00000145. The van der Waals surface area contributed by atoms with Gasteiger partial charge in [0.05, 0.1) is 23.1 Å². The van der Waals surface area contributed by atoms with Gasteiger partial charge in [-0.3, -0.25) is 14.9 Å². The summed E-state index contributed by atoms with van der Waals surface area (Å²) in [5.41, 5.74) is 6.41. The number of hydrogen-bond donors (Lipinski definition) is 3. The van der Waals surface area contributed by atoms with Crippen molar-refractivity contribution in [2.75, 3.05) is 5.32 Å². The molecule has 156 valence electrons. The average molecular weight is 446 g/mol. The van der Waals surface area contributed by atoms with Gasteiger partial charge >= 0.3 is 6.29 Å². The minimum atomic E-state index is -3.75. The number of nitrogens with zero attached hydrogens (tertiary/aromatic N) is 2. The number of nitrogens with two attached hydrogens (primary N) is 2. The van der Waals surface area contributed by atoms with E-state index < -0.39 is 12.2 Å². The Hall–Kier alpha value is -2.63. The predicted octanol–water partition coefficient (Wildman–Crippen LogP) is 3.88. The number of anilines is 1. The molecule has 12 heteroatoms. The number of rotatable bonds is 4. The molecule has 0 radical (unpaired) electrons. The molecule has 0 spiro atoms. The van der Waals surface area contributed by atoms with Gasteiger partial charge < -0.3 is 20.5 Å². The maximum atomic E-state index is 13.1. The van der Waals surface area contributed by atoms with Crippen LogP contribution in [-0.4, -0.2) is 22.2 Å². The molecule has 5 N–H and O–H groups in total. The molecule has 0 saturated carbocycles. The molecule has 0 unspecified atom stereocenters. The summed E-state index contributed by atoms with van der Waals surface area (Å²) in [5.74, 6) is -0.749. The van der Waals surface area contributed by atoms with Crippen LogP contribution in [0.2, 0.25) is 5.02 Å². The molecule has 1 aromatic carbocycles. The van der Waals surface area contributed by atoms with Crippen molar-refractivity contribution in [1.82, 2.24) is 9.97 Å². The number of ether oxygens (including phenoxy) is 2. The highest BCUT2D eigenvalue weighted by Crippen LogP contribution is 2.45. The summed E-state index contributed by atoms with van der Waals surface area (Å²) in [6.07, 6.45) is -1.17. The van der Waals surface area contributed by atoms with Crippen molar-refractivity contribution < 1.29 is 23.0 Å². The molecule has 1 aliphatic rings. The molecule has 29 heavy (non-hydrogen) atoms. The monoisotopic (exact) mass is 445 g/mol. The van der Waals surface area contributed by atoms with Crippen molar-refractivity contribution >= 4 is 35.3 Å². The van der Waals surface area contributed by atoms with Gasteiger partial charge in [0.25, 0.3) is 5.91 Å². The molecular formula is C17H18ClF2N5O3S. The second-order valence-corrected chi connectivity index (χ2v) is 6.37. The van der Waals surface area contributed by atoms with Gasteiger partial charge in [-0.15, -0.1) is 8.78 Å². The molecule has 1 aliphatic heterocycles. The zero-order valence-corrected chi connectivity index (χ0v) is 17.2. The number of amides is 1. The van der Waals surface area contributed by atoms with Gasteiger partial charge in [-0.2, -0.15) is 0 Å². The van der Waals surface area contributed by atoms with Crippen LogP contribution in [0, 0.1) is 0 Å². The Labute approximate surface area is 174 Å². The first-order chi connectivity index (χ1) is 13.7. The molecule has 0 bridgehead atoms. The summed E-state index contributed by atoms with van der Waals surface area (Å²) in [4.78, 5) is 20.4. The highest BCUT2D eigenvalue weighted by molar-refractivity contribution is 8.01. The summed E-state index contributed by atoms with van der Waals surface area (Å²) in [6, 6.07) is 2.47. The summed E-state index contributed by atoms with van der Waals surface area (Å²) >= 11 is 6.81. The first-order valence-electron chi connectivity index (χ1n) is 8.26. The van der Waals surface area contributed by atoms with Crippen molar-refractivity contribution in [1.29, 1.82) is 0 Å². The van der Waals surface area contributed by atoms with Crippen LogP contribution in [0.15, 0.2) is 35.1 Å². The van der Waals surface area contributed by atoms with Crippen LogP contribution in [0.25, 0.3) is 11.3 Å². The van der Waals surface area contributed by atoms with Crippen molar-refractivity contribution in [3.8, 4) is 22.8 Å². The molecule has 3 rings (SSSR count). The first kappa shape index (κ1) is 22.7. The molecule has 1 amide bonds. The highest BCUT2D eigenvalue weighted by atomic mass is 35.5. The van der Waals surface area contributed by atoms with E-state index in [1.54, 1.807) is 0 Å². The maximum absolute atomic E-state index is 13.1. The smallest absolute Gasteiger partial charge is 0.401 e. The zero-order chi connectivity index (χ0) is 21.8. The van der Waals surface area contributed by atoms with E-state index in [4.69, 9.17) is 22.5 Å². The van der Waals surface area contributed by atoms with Crippen molar-refractivity contribution in [2.45, 2.75) is 27.1 Å². The van der Waals surface area contributed by atoms with Gasteiger partial charge in [0.1, 0.15) is 4.91 Å². The Morgan fingerprint density at radius 1 is 1.21 bits per heavy atom. The maximum Gasteiger partial charge on any atom is 0.586 e. The number of halogens is 3. The van der Waals surface area contributed by atoms with Gasteiger partial charge in [0.15, 0.2) is 17.3 Å². The number of hydrogen-bond acceptors (Lipinski definition) is 8. The summed E-state index contributed by atoms with van der Waals surface area (Å²) in [7, 11) is 0. The topological polar surface area (TPSA) is 125 Å². The van der Waals surface area contributed by atoms with Crippen LogP contribution in [0.5, 0.6) is 11.5 Å². The fourth-order valence-electron chi connectivity index (χ4n) is 2.20. The van der Waals surface area contributed by atoms with Crippen LogP contribution < -0.4 is 25.7 Å². The van der Waals surface area contributed by atoms with Crippen molar-refractivity contribution in [3.05, 3.63) is 40.2 Å². The van der Waals surface area contributed by atoms with Gasteiger partial charge in [-0.05, 0) is 24.9 Å². The molecule has 1 aromatic heterocycles. The normalized spacial score (nSPS) is 14.4. The molecule has 2 aromatic rings. The van der Waals surface area contributed by atoms with Crippen molar-refractivity contribution in [3.63, 3.8) is 0 Å². The van der Waals surface area contributed by atoms with Gasteiger partial charge in [0, 0.05) is 17.3 Å². The molecule has 0 saturated heterocycles. The van der Waals surface area contributed by atoms with E-state index >= 15 is 0 Å². The van der Waals surface area contributed by atoms with Gasteiger partial charge in [0.2, 0.25) is 0 Å². The van der Waals surface area contributed by atoms with E-state index in [1.807, 2.05) is 13.8 Å². The lowest BCUT2D eigenvalue weighted by atomic mass is 10.1. The van der Waals surface area contributed by atoms with E-state index in [1.165, 1.54) is 31.5 Å². The molecule has 0 atom stereocenters. The minimum absolute atomic E-state index is 0.115. The molecule has 0 fully saturated rings. The highest BCUT2D eigenvalue weighted by Gasteiger charge is 2.43. The van der Waals surface area contributed by atoms with Crippen LogP contribution in [0.1, 0.15) is 20.8 Å². The number of carbonyl (C=O) groups is 1. The van der Waals surface area contributed by atoms with E-state index in [9.17, 15) is 13.6 Å². The number of fused-ring (bicyclic) bond motifs is 1. The number of allylic oxidation sites excluding steroid dienone is 1. The minimum Gasteiger partial charge on any atom is -0.401 e. The van der Waals surface area contributed by atoms with Crippen LogP contribution in [-0.2, 0) is 4.79 Å². The third-order valence-electron chi connectivity index (χ3n) is 3.34. The fourth-order valence-corrected chi connectivity index (χ4v) is 2.79. The van der Waals surface area contributed by atoms with Crippen LogP contribution in [0.3, 0.4) is 0 Å². The zero-order valence-electron chi connectivity index (χ0n) is 15.6. The summed E-state index contributed by atoms with van der Waals surface area (Å²) in [6.45, 7) is 5.54. The second kappa shape index (κ2) is 9.25. The third-order valence-corrected chi connectivity index (χ3v) is 4.40. The van der Waals surface area contributed by atoms with Gasteiger partial charge in [-0.1, -0.05) is 25.4 Å². The lowest BCUT2D eigenvalue weighted by Crippen LogP contribution is -2.25. The van der Waals surface area contributed by atoms with Crippen LogP contribution >= 0.6 is 23.5 Å². The number of nitrogens with one attached hydrogen (secondary N) is 1. The standard InChI is InChI=1S/C15H12ClF2N5O3S.C2H6/c1-6(19)13(27-20)14(24)23-12-5-21-9(4-22-12)7-2-10-11(3-8(7)16)26-15(17,18)25-10;1-2/h2-5H,19-20H2,1H3,(H,22,23,24);1-2H3/b13-6-;. The van der Waals surface area contributed by atoms with Crippen LogP contribution in [0.4, 0.5) is 14.6 Å². The predicted molar refractivity (Wildman–Crippen MR) is 107 cm³/mol. The number of carbonyl (C=O) groups excluding carboxylic acids is 1. The Kier molecular flexibility index (Phi) is 7.22. The first-order valence-corrected chi connectivity index (χ1v) is 9.52. The second-order valence-electron chi connectivity index (χ2n) is 5.32. The SMILES string of the molecule is C/C(N)=C(/SN)C(=O)Nc1cnc(-c2cc3c(cc2Cl)OC(F)(F)O3)cn1.CC. The Morgan fingerprint density at radius 3 is 2.34 bits per heavy atom. The average Bonchev–Trinajstić information content (AvgIpc) is 2.96. The van der Waals surface area contributed by atoms with Crippen molar-refractivity contribution in [2.24, 2.45) is 10.9 Å². The third kappa shape index (κ3) is 5.25. The molecular weight excluding hydrogens is 428 g/mol. The summed E-state index contributed by atoms with van der Waals surface area (Å²) in [5, 5.41) is 8.01.